The van der Waals surface area contributed by atoms with Crippen LogP contribution in [0, 0.1) is 0 Å². The average molecular weight is 276 g/mol. The van der Waals surface area contributed by atoms with Gasteiger partial charge in [-0.05, 0) is 13.0 Å². The van der Waals surface area contributed by atoms with Crippen molar-refractivity contribution in [2.75, 3.05) is 0 Å². The number of nitrogens with two attached hydrogens (primary N) is 1. The standard InChI is InChI=1S/C10H14ClN3O2S/c1-5(15)6(2)17-10-8(11)7(3-4-13-10)9(12)14-16/h3-6,15-16H,1-2H3,(H2,12,14). The third-order valence-corrected chi connectivity index (χ3v) is 4.01. The zero-order valence-electron chi connectivity index (χ0n) is 9.46. The first-order valence-electron chi connectivity index (χ1n) is 4.94. The van der Waals surface area contributed by atoms with Crippen molar-refractivity contribution in [3.63, 3.8) is 0 Å². The molecule has 2 unspecified atom stereocenters. The molecule has 2 atom stereocenters. The molecule has 7 heteroatoms. The zero-order valence-corrected chi connectivity index (χ0v) is 11.0. The molecule has 1 aromatic rings. The summed E-state index contributed by atoms with van der Waals surface area (Å²) in [5, 5.41) is 21.7. The Morgan fingerprint density at radius 1 is 1.59 bits per heavy atom. The van der Waals surface area contributed by atoms with Gasteiger partial charge in [0.25, 0.3) is 0 Å². The SMILES string of the molecule is CC(O)C(C)Sc1nccc(/C(N)=N/O)c1Cl. The quantitative estimate of drug-likeness (QED) is 0.256. The Labute approximate surface area is 109 Å². The molecule has 94 valence electrons. The summed E-state index contributed by atoms with van der Waals surface area (Å²) in [6, 6.07) is 1.56. The van der Waals surface area contributed by atoms with E-state index < -0.39 is 6.10 Å². The lowest BCUT2D eigenvalue weighted by Crippen LogP contribution is -2.17. The molecular weight excluding hydrogens is 262 g/mol. The van der Waals surface area contributed by atoms with E-state index in [4.69, 9.17) is 22.5 Å². The fourth-order valence-corrected chi connectivity index (χ4v) is 2.26. The van der Waals surface area contributed by atoms with E-state index in [-0.39, 0.29) is 11.1 Å². The summed E-state index contributed by atoms with van der Waals surface area (Å²) in [6.07, 6.45) is 1.04. The highest BCUT2D eigenvalue weighted by molar-refractivity contribution is 8.00. The molecule has 5 nitrogen and oxygen atoms in total. The second kappa shape index (κ2) is 6.09. The van der Waals surface area contributed by atoms with Crippen molar-refractivity contribution < 1.29 is 10.3 Å². The van der Waals surface area contributed by atoms with Crippen LogP contribution in [0.15, 0.2) is 22.4 Å². The lowest BCUT2D eigenvalue weighted by Gasteiger charge is -2.14. The molecule has 0 saturated heterocycles. The van der Waals surface area contributed by atoms with Gasteiger partial charge in [-0.15, -0.1) is 0 Å². The van der Waals surface area contributed by atoms with Crippen LogP contribution in [0.5, 0.6) is 0 Å². The third kappa shape index (κ3) is 3.49. The number of nitrogens with zero attached hydrogens (tertiary/aromatic N) is 2. The van der Waals surface area contributed by atoms with Gasteiger partial charge in [0.15, 0.2) is 5.84 Å². The molecule has 1 heterocycles. The van der Waals surface area contributed by atoms with Crippen molar-refractivity contribution in [3.05, 3.63) is 22.8 Å². The summed E-state index contributed by atoms with van der Waals surface area (Å²) in [7, 11) is 0. The number of hydrogen-bond donors (Lipinski definition) is 3. The maximum absolute atomic E-state index is 9.42. The van der Waals surface area contributed by atoms with Crippen LogP contribution in [0.3, 0.4) is 0 Å². The maximum Gasteiger partial charge on any atom is 0.171 e. The lowest BCUT2D eigenvalue weighted by molar-refractivity contribution is 0.196. The van der Waals surface area contributed by atoms with Crippen LogP contribution in [0.25, 0.3) is 0 Å². The van der Waals surface area contributed by atoms with E-state index in [1.54, 1.807) is 13.0 Å². The molecule has 0 aromatic carbocycles. The summed E-state index contributed by atoms with van der Waals surface area (Å²) in [5.41, 5.74) is 5.90. The Morgan fingerprint density at radius 2 is 2.24 bits per heavy atom. The molecule has 0 saturated carbocycles. The van der Waals surface area contributed by atoms with Crippen LogP contribution in [0.2, 0.25) is 5.02 Å². The average Bonchev–Trinajstić information content (AvgIpc) is 2.30. The van der Waals surface area contributed by atoms with Crippen molar-refractivity contribution in [2.45, 2.75) is 30.2 Å². The number of aromatic nitrogens is 1. The molecule has 0 amide bonds. The first kappa shape index (κ1) is 14.1. The van der Waals surface area contributed by atoms with Crippen LogP contribution >= 0.6 is 23.4 Å². The highest BCUT2D eigenvalue weighted by Gasteiger charge is 2.16. The summed E-state index contributed by atoms with van der Waals surface area (Å²) in [4.78, 5) is 4.11. The minimum absolute atomic E-state index is 0.0532. The van der Waals surface area contributed by atoms with E-state index in [9.17, 15) is 5.11 Å². The molecule has 0 aliphatic heterocycles. The Kier molecular flexibility index (Phi) is 5.04. The topological polar surface area (TPSA) is 91.7 Å². The second-order valence-corrected chi connectivity index (χ2v) is 5.27. The number of oxime groups is 1. The zero-order chi connectivity index (χ0) is 13.0. The Bertz CT molecular complexity index is 426. The number of halogens is 1. The molecule has 0 aliphatic carbocycles. The van der Waals surface area contributed by atoms with Crippen LogP contribution < -0.4 is 5.73 Å². The molecule has 1 rings (SSSR count). The Balaban J connectivity index is 3.03. The van der Waals surface area contributed by atoms with Gasteiger partial charge in [-0.25, -0.2) is 4.98 Å². The van der Waals surface area contributed by atoms with E-state index in [2.05, 4.69) is 10.1 Å². The number of pyridine rings is 1. The molecule has 4 N–H and O–H groups in total. The molecule has 0 spiro atoms. The molecule has 0 fully saturated rings. The molecule has 0 aliphatic rings. The smallest absolute Gasteiger partial charge is 0.171 e. The van der Waals surface area contributed by atoms with Gasteiger partial charge in [-0.3, -0.25) is 0 Å². The second-order valence-electron chi connectivity index (χ2n) is 3.53. The number of aliphatic hydroxyl groups excluding tert-OH is 1. The van der Waals surface area contributed by atoms with Crippen molar-refractivity contribution in [1.29, 1.82) is 0 Å². The molecular formula is C10H14ClN3O2S. The molecule has 1 aromatic heterocycles. The minimum atomic E-state index is -0.481. The van der Waals surface area contributed by atoms with E-state index in [0.29, 0.717) is 15.6 Å². The first-order valence-corrected chi connectivity index (χ1v) is 6.20. The number of hydrogen-bond acceptors (Lipinski definition) is 5. The predicted octanol–water partition coefficient (Wildman–Crippen LogP) is 1.69. The van der Waals surface area contributed by atoms with Crippen LogP contribution in [0.1, 0.15) is 19.4 Å². The molecule has 17 heavy (non-hydrogen) atoms. The summed E-state index contributed by atoms with van der Waals surface area (Å²) in [6.45, 7) is 3.56. The van der Waals surface area contributed by atoms with Crippen LogP contribution in [-0.4, -0.2) is 32.5 Å². The van der Waals surface area contributed by atoms with E-state index >= 15 is 0 Å². The van der Waals surface area contributed by atoms with Gasteiger partial charge in [-0.2, -0.15) is 0 Å². The fraction of sp³-hybridized carbons (Fsp3) is 0.400. The highest BCUT2D eigenvalue weighted by atomic mass is 35.5. The van der Waals surface area contributed by atoms with Gasteiger partial charge in [-0.1, -0.05) is 35.4 Å². The molecule has 0 bridgehead atoms. The fourth-order valence-electron chi connectivity index (χ4n) is 1.03. The number of amidine groups is 1. The number of aliphatic hydroxyl groups is 1. The van der Waals surface area contributed by atoms with Crippen molar-refractivity contribution in [3.8, 4) is 0 Å². The Morgan fingerprint density at radius 3 is 2.76 bits per heavy atom. The van der Waals surface area contributed by atoms with E-state index in [1.165, 1.54) is 18.0 Å². The summed E-state index contributed by atoms with van der Waals surface area (Å²) >= 11 is 7.43. The van der Waals surface area contributed by atoms with Crippen LogP contribution in [0.4, 0.5) is 0 Å². The maximum atomic E-state index is 9.42. The monoisotopic (exact) mass is 275 g/mol. The van der Waals surface area contributed by atoms with Gasteiger partial charge >= 0.3 is 0 Å². The van der Waals surface area contributed by atoms with Gasteiger partial charge in [0.05, 0.1) is 11.1 Å². The van der Waals surface area contributed by atoms with Crippen LogP contribution in [-0.2, 0) is 0 Å². The number of rotatable bonds is 4. The normalized spacial score (nSPS) is 15.6. The predicted molar refractivity (Wildman–Crippen MR) is 68.8 cm³/mol. The summed E-state index contributed by atoms with van der Waals surface area (Å²) < 4.78 is 0. The summed E-state index contributed by atoms with van der Waals surface area (Å²) in [5.74, 6) is -0.0658. The highest BCUT2D eigenvalue weighted by Crippen LogP contribution is 2.31. The number of thioether (sulfide) groups is 1. The molecule has 0 radical (unpaired) electrons. The van der Waals surface area contributed by atoms with Crippen molar-refractivity contribution in [2.24, 2.45) is 10.9 Å². The van der Waals surface area contributed by atoms with Gasteiger partial charge in [0, 0.05) is 17.0 Å². The lowest BCUT2D eigenvalue weighted by atomic mass is 10.2. The minimum Gasteiger partial charge on any atom is -0.409 e. The van der Waals surface area contributed by atoms with E-state index in [1.807, 2.05) is 6.92 Å². The first-order chi connectivity index (χ1) is 7.97. The largest absolute Gasteiger partial charge is 0.409 e. The van der Waals surface area contributed by atoms with Gasteiger partial charge in [0.2, 0.25) is 0 Å². The van der Waals surface area contributed by atoms with Gasteiger partial charge in [0.1, 0.15) is 5.03 Å². The Hall–Kier alpha value is -0.980. The van der Waals surface area contributed by atoms with Gasteiger partial charge < -0.3 is 16.0 Å². The van der Waals surface area contributed by atoms with Crippen molar-refractivity contribution >= 4 is 29.2 Å². The third-order valence-electron chi connectivity index (χ3n) is 2.22. The van der Waals surface area contributed by atoms with Crippen molar-refractivity contribution in [1.82, 2.24) is 4.98 Å². The van der Waals surface area contributed by atoms with E-state index in [0.717, 1.165) is 0 Å².